The van der Waals surface area contributed by atoms with Crippen molar-refractivity contribution in [3.8, 4) is 0 Å². The van der Waals surface area contributed by atoms with Gasteiger partial charge >= 0.3 is 6.09 Å². The van der Waals surface area contributed by atoms with Crippen LogP contribution in [0.25, 0.3) is 11.0 Å². The molecule has 0 bridgehead atoms. The summed E-state index contributed by atoms with van der Waals surface area (Å²) in [6, 6.07) is 4.56. The topological polar surface area (TPSA) is 66.6 Å². The summed E-state index contributed by atoms with van der Waals surface area (Å²) in [4.78, 5) is 14.0. The van der Waals surface area contributed by atoms with Gasteiger partial charge in [-0.15, -0.1) is 0 Å². The molecule has 2 heterocycles. The van der Waals surface area contributed by atoms with Crippen LogP contribution in [0.5, 0.6) is 0 Å². The lowest BCUT2D eigenvalue weighted by Crippen LogP contribution is -2.55. The van der Waals surface area contributed by atoms with Crippen LogP contribution in [-0.2, 0) is 0 Å². The molecule has 1 aliphatic heterocycles. The lowest BCUT2D eigenvalue weighted by molar-refractivity contribution is -0.853. The summed E-state index contributed by atoms with van der Waals surface area (Å²) in [5.41, 5.74) is 1.41. The predicted molar refractivity (Wildman–Crippen MR) is 96.6 cm³/mol. The third-order valence-electron chi connectivity index (χ3n) is 5.90. The van der Waals surface area contributed by atoms with Gasteiger partial charge in [-0.05, 0) is 51.9 Å². The Morgan fingerprint density at radius 3 is 2.65 bits per heavy atom. The molecule has 6 nitrogen and oxygen atoms in total. The number of rotatable bonds is 6. The largest absolute Gasteiger partial charge is 0.513 e. The number of fused-ring (bicyclic) bond motifs is 1. The molecule has 1 saturated heterocycles. The number of likely N-dealkylation sites (N-methyl/N-ethyl adjacent to an activating group) is 1. The quantitative estimate of drug-likeness (QED) is 0.792. The van der Waals surface area contributed by atoms with Gasteiger partial charge in [0.05, 0.1) is 18.8 Å². The molecule has 2 aromatic rings. The lowest BCUT2D eigenvalue weighted by Gasteiger charge is -2.35. The number of amides is 1. The Bertz CT molecular complexity index is 764. The van der Waals surface area contributed by atoms with E-state index in [0.717, 1.165) is 43.6 Å². The highest BCUT2D eigenvalue weighted by Crippen LogP contribution is 2.32. The summed E-state index contributed by atoms with van der Waals surface area (Å²) in [7, 11) is 0. The van der Waals surface area contributed by atoms with Crippen molar-refractivity contribution < 1.29 is 23.3 Å². The van der Waals surface area contributed by atoms with E-state index in [2.05, 4.69) is 10.1 Å². The van der Waals surface area contributed by atoms with E-state index in [1.165, 1.54) is 12.1 Å². The maximum absolute atomic E-state index is 13.3. The zero-order valence-electron chi connectivity index (χ0n) is 15.4. The second kappa shape index (κ2) is 7.72. The number of piperidine rings is 1. The first kappa shape index (κ1) is 18.8. The normalized spacial score (nSPS) is 17.0. The fourth-order valence-corrected chi connectivity index (χ4v) is 3.89. The third-order valence-corrected chi connectivity index (χ3v) is 5.90. The van der Waals surface area contributed by atoms with Crippen molar-refractivity contribution in [1.82, 2.24) is 10.1 Å². The summed E-state index contributed by atoms with van der Waals surface area (Å²) < 4.78 is 18.7. The zero-order chi connectivity index (χ0) is 18.7. The molecule has 1 N–H and O–H groups in total. The monoisotopic (exact) mass is 364 g/mol. The molecular formula is C19H27FN3O3+. The fourth-order valence-electron chi connectivity index (χ4n) is 3.89. The van der Waals surface area contributed by atoms with Crippen molar-refractivity contribution in [3.05, 3.63) is 29.7 Å². The Hall–Kier alpha value is -1.99. The van der Waals surface area contributed by atoms with Crippen LogP contribution < -0.4 is 0 Å². The molecule has 3 rings (SSSR count). The number of quaternary nitrogens is 1. The average Bonchev–Trinajstić information content (AvgIpc) is 3.06. The van der Waals surface area contributed by atoms with Crippen LogP contribution in [0.15, 0.2) is 22.7 Å². The average molecular weight is 364 g/mol. The first-order chi connectivity index (χ1) is 12.5. The van der Waals surface area contributed by atoms with E-state index in [0.29, 0.717) is 31.1 Å². The van der Waals surface area contributed by atoms with Crippen molar-refractivity contribution in [2.24, 2.45) is 0 Å². The number of nitrogens with zero attached hydrogens (tertiary/aromatic N) is 3. The van der Waals surface area contributed by atoms with E-state index in [1.54, 1.807) is 6.07 Å². The molecule has 1 aliphatic rings. The molecule has 0 spiro atoms. The minimum Gasteiger partial charge on any atom is -0.435 e. The first-order valence-corrected chi connectivity index (χ1v) is 9.36. The lowest BCUT2D eigenvalue weighted by atomic mass is 9.91. The summed E-state index contributed by atoms with van der Waals surface area (Å²) in [6.07, 6.45) is 1.15. The molecule has 0 atom stereocenters. The van der Waals surface area contributed by atoms with Crippen LogP contribution in [0.3, 0.4) is 0 Å². The molecule has 0 radical (unpaired) electrons. The highest BCUT2D eigenvalue weighted by atomic mass is 19.1. The van der Waals surface area contributed by atoms with Crippen molar-refractivity contribution in [2.75, 3.05) is 39.3 Å². The molecule has 0 aliphatic carbocycles. The van der Waals surface area contributed by atoms with E-state index in [9.17, 15) is 14.3 Å². The standard InChI is InChI=1S/C19H26FN3O3/c1-3-23(4-2,19(24)25)12-11-22-9-7-14(8-10-22)18-16-6-5-15(20)13-17(16)26-21-18/h5-6,13-14H,3-4,7-12H2,1-2H3/p+1. The van der Waals surface area contributed by atoms with Crippen LogP contribution in [0, 0.1) is 5.82 Å². The number of hydrogen-bond acceptors (Lipinski definition) is 4. The second-order valence-corrected chi connectivity index (χ2v) is 7.11. The van der Waals surface area contributed by atoms with Gasteiger partial charge in [0, 0.05) is 23.9 Å². The van der Waals surface area contributed by atoms with E-state index in [-0.39, 0.29) is 10.3 Å². The molecule has 142 valence electrons. The van der Waals surface area contributed by atoms with E-state index < -0.39 is 6.09 Å². The maximum atomic E-state index is 13.3. The van der Waals surface area contributed by atoms with Crippen LogP contribution >= 0.6 is 0 Å². The Kier molecular flexibility index (Phi) is 5.58. The van der Waals surface area contributed by atoms with Gasteiger partial charge in [0.15, 0.2) is 5.58 Å². The number of benzene rings is 1. The molecular weight excluding hydrogens is 337 g/mol. The number of carboxylic acid groups (broad SMARTS) is 1. The first-order valence-electron chi connectivity index (χ1n) is 9.36. The SMILES string of the molecule is CC[N+](CC)(CCN1CCC(c2noc3cc(F)ccc23)CC1)C(=O)O. The smallest absolute Gasteiger partial charge is 0.435 e. The van der Waals surface area contributed by atoms with Crippen LogP contribution in [0.1, 0.15) is 38.3 Å². The van der Waals surface area contributed by atoms with Gasteiger partial charge in [-0.25, -0.2) is 8.87 Å². The Morgan fingerprint density at radius 2 is 2.04 bits per heavy atom. The summed E-state index contributed by atoms with van der Waals surface area (Å²) in [6.45, 7) is 8.30. The number of hydrogen-bond donors (Lipinski definition) is 1. The van der Waals surface area contributed by atoms with Gasteiger partial charge < -0.3 is 9.63 Å². The van der Waals surface area contributed by atoms with Crippen molar-refractivity contribution in [1.29, 1.82) is 0 Å². The van der Waals surface area contributed by atoms with Crippen molar-refractivity contribution in [2.45, 2.75) is 32.6 Å². The molecule has 0 unspecified atom stereocenters. The fraction of sp³-hybridized carbons (Fsp3) is 0.579. The number of carbonyl (C=O) groups is 1. The van der Waals surface area contributed by atoms with E-state index in [1.807, 2.05) is 13.8 Å². The summed E-state index contributed by atoms with van der Waals surface area (Å²) in [5.74, 6) is -0.0176. The molecule has 1 amide bonds. The number of aromatic nitrogens is 1. The number of likely N-dealkylation sites (tertiary alicyclic amines) is 1. The summed E-state index contributed by atoms with van der Waals surface area (Å²) in [5, 5.41) is 14.6. The Labute approximate surface area is 152 Å². The van der Waals surface area contributed by atoms with Crippen molar-refractivity contribution in [3.63, 3.8) is 0 Å². The minimum absolute atomic E-state index is 0.111. The molecule has 7 heteroatoms. The Morgan fingerprint density at radius 1 is 1.35 bits per heavy atom. The van der Waals surface area contributed by atoms with E-state index >= 15 is 0 Å². The van der Waals surface area contributed by atoms with Crippen LogP contribution in [-0.4, -0.2) is 65.0 Å². The van der Waals surface area contributed by atoms with Gasteiger partial charge in [-0.2, -0.15) is 4.79 Å². The summed E-state index contributed by atoms with van der Waals surface area (Å²) >= 11 is 0. The molecule has 1 aromatic heterocycles. The zero-order valence-corrected chi connectivity index (χ0v) is 15.4. The van der Waals surface area contributed by atoms with Crippen molar-refractivity contribution >= 4 is 17.1 Å². The second-order valence-electron chi connectivity index (χ2n) is 7.11. The molecule has 1 aromatic carbocycles. The van der Waals surface area contributed by atoms with Gasteiger partial charge in [0.1, 0.15) is 12.4 Å². The maximum Gasteiger partial charge on any atom is 0.513 e. The van der Waals surface area contributed by atoms with Gasteiger partial charge in [0.25, 0.3) is 0 Å². The molecule has 0 saturated carbocycles. The van der Waals surface area contributed by atoms with Gasteiger partial charge in [-0.1, -0.05) is 5.16 Å². The highest BCUT2D eigenvalue weighted by Gasteiger charge is 2.34. The minimum atomic E-state index is -0.744. The predicted octanol–water partition coefficient (Wildman–Crippen LogP) is 3.68. The molecule has 26 heavy (non-hydrogen) atoms. The van der Waals surface area contributed by atoms with Crippen LogP contribution in [0.2, 0.25) is 0 Å². The van der Waals surface area contributed by atoms with E-state index in [4.69, 9.17) is 4.52 Å². The Balaban J connectivity index is 1.59. The molecule has 1 fully saturated rings. The van der Waals surface area contributed by atoms with Gasteiger partial charge in [0.2, 0.25) is 0 Å². The highest BCUT2D eigenvalue weighted by molar-refractivity contribution is 5.79. The van der Waals surface area contributed by atoms with Gasteiger partial charge in [-0.3, -0.25) is 4.90 Å². The third kappa shape index (κ3) is 3.59. The number of halogens is 1. The van der Waals surface area contributed by atoms with Crippen LogP contribution in [0.4, 0.5) is 9.18 Å².